The maximum atomic E-state index is 5.49. The quantitative estimate of drug-likeness (QED) is 0.765. The van der Waals surface area contributed by atoms with E-state index in [0.29, 0.717) is 0 Å². The molecule has 0 aromatic carbocycles. The monoisotopic (exact) mass is 240 g/mol. The van der Waals surface area contributed by atoms with E-state index < -0.39 is 0 Å². The van der Waals surface area contributed by atoms with Crippen molar-refractivity contribution in [3.63, 3.8) is 0 Å². The van der Waals surface area contributed by atoms with Crippen molar-refractivity contribution in [2.24, 2.45) is 11.8 Å². The molecule has 2 heterocycles. The number of nitrogens with one attached hydrogen (secondary N) is 1. The molecule has 0 radical (unpaired) electrons. The molecule has 2 fully saturated rings. The van der Waals surface area contributed by atoms with Crippen LogP contribution in [0.4, 0.5) is 0 Å². The third kappa shape index (κ3) is 4.57. The highest BCUT2D eigenvalue weighted by Gasteiger charge is 2.21. The molecule has 1 atom stereocenters. The van der Waals surface area contributed by atoms with Crippen LogP contribution in [-0.2, 0) is 4.74 Å². The van der Waals surface area contributed by atoms with Crippen molar-refractivity contribution in [1.82, 2.24) is 10.2 Å². The Balaban J connectivity index is 1.74. The zero-order chi connectivity index (χ0) is 11.9. The Bertz CT molecular complexity index is 198. The summed E-state index contributed by atoms with van der Waals surface area (Å²) in [7, 11) is 0. The van der Waals surface area contributed by atoms with Gasteiger partial charge in [0.2, 0.25) is 0 Å². The predicted molar refractivity (Wildman–Crippen MR) is 71.3 cm³/mol. The van der Waals surface area contributed by atoms with Crippen LogP contribution >= 0.6 is 0 Å². The van der Waals surface area contributed by atoms with Crippen LogP contribution in [0.5, 0.6) is 0 Å². The van der Waals surface area contributed by atoms with Gasteiger partial charge in [0.05, 0.1) is 6.61 Å². The molecule has 0 bridgehead atoms. The van der Waals surface area contributed by atoms with Crippen molar-refractivity contribution in [3.8, 4) is 0 Å². The van der Waals surface area contributed by atoms with Crippen LogP contribution in [0.25, 0.3) is 0 Å². The van der Waals surface area contributed by atoms with Gasteiger partial charge in [-0.05, 0) is 57.2 Å². The van der Waals surface area contributed by atoms with Gasteiger partial charge in [0.15, 0.2) is 0 Å². The van der Waals surface area contributed by atoms with E-state index in [0.717, 1.165) is 25.0 Å². The second-order valence-corrected chi connectivity index (χ2v) is 5.68. The highest BCUT2D eigenvalue weighted by atomic mass is 16.5. The van der Waals surface area contributed by atoms with Crippen molar-refractivity contribution in [2.45, 2.75) is 32.6 Å². The van der Waals surface area contributed by atoms with E-state index in [1.807, 2.05) is 0 Å². The minimum atomic E-state index is 0.795. The minimum absolute atomic E-state index is 0.795. The van der Waals surface area contributed by atoms with E-state index in [4.69, 9.17) is 4.74 Å². The third-order valence-electron chi connectivity index (χ3n) is 4.06. The normalized spacial score (nSPS) is 26.8. The van der Waals surface area contributed by atoms with Gasteiger partial charge in [-0.25, -0.2) is 0 Å². The van der Waals surface area contributed by atoms with Gasteiger partial charge in [0.1, 0.15) is 0 Å². The fraction of sp³-hybridized carbons (Fsp3) is 1.00. The van der Waals surface area contributed by atoms with Gasteiger partial charge in [-0.3, -0.25) is 0 Å². The average Bonchev–Trinajstić information content (AvgIpc) is 2.83. The SMILES string of the molecule is CCCN(CC1CCNCC1)CC1CCOC1. The molecule has 2 rings (SSSR count). The summed E-state index contributed by atoms with van der Waals surface area (Å²) in [5.74, 6) is 1.72. The average molecular weight is 240 g/mol. The molecule has 3 nitrogen and oxygen atoms in total. The molecule has 0 spiro atoms. The summed E-state index contributed by atoms with van der Waals surface area (Å²) in [4.78, 5) is 2.69. The van der Waals surface area contributed by atoms with Crippen LogP contribution < -0.4 is 5.32 Å². The Morgan fingerprint density at radius 2 is 1.88 bits per heavy atom. The minimum Gasteiger partial charge on any atom is -0.381 e. The summed E-state index contributed by atoms with van der Waals surface area (Å²) >= 11 is 0. The van der Waals surface area contributed by atoms with Gasteiger partial charge < -0.3 is 15.0 Å². The lowest BCUT2D eigenvalue weighted by Crippen LogP contribution is -2.38. The Hall–Kier alpha value is -0.120. The molecule has 0 saturated carbocycles. The highest BCUT2D eigenvalue weighted by molar-refractivity contribution is 4.75. The first-order valence-electron chi connectivity index (χ1n) is 7.39. The molecule has 0 aliphatic carbocycles. The summed E-state index contributed by atoms with van der Waals surface area (Å²) in [6, 6.07) is 0. The Kier molecular flexibility index (Phi) is 5.75. The predicted octanol–water partition coefficient (Wildman–Crippen LogP) is 1.73. The van der Waals surface area contributed by atoms with Crippen LogP contribution in [0.3, 0.4) is 0 Å². The maximum Gasteiger partial charge on any atom is 0.0507 e. The first-order chi connectivity index (χ1) is 8.38. The number of hydrogen-bond acceptors (Lipinski definition) is 3. The molecular formula is C14H28N2O. The van der Waals surface area contributed by atoms with Gasteiger partial charge in [-0.2, -0.15) is 0 Å². The number of ether oxygens (including phenoxy) is 1. The summed E-state index contributed by atoms with van der Waals surface area (Å²) in [5, 5.41) is 3.45. The lowest BCUT2D eigenvalue weighted by molar-refractivity contribution is 0.152. The first kappa shape index (κ1) is 13.3. The van der Waals surface area contributed by atoms with Crippen molar-refractivity contribution < 1.29 is 4.74 Å². The fourth-order valence-electron chi connectivity index (χ4n) is 3.10. The molecule has 0 amide bonds. The molecule has 3 heteroatoms. The largest absolute Gasteiger partial charge is 0.381 e. The lowest BCUT2D eigenvalue weighted by atomic mass is 9.96. The Morgan fingerprint density at radius 3 is 2.53 bits per heavy atom. The zero-order valence-electron chi connectivity index (χ0n) is 11.3. The smallest absolute Gasteiger partial charge is 0.0507 e. The van der Waals surface area contributed by atoms with Crippen LogP contribution in [0.1, 0.15) is 32.6 Å². The molecule has 2 aliphatic rings. The zero-order valence-corrected chi connectivity index (χ0v) is 11.3. The van der Waals surface area contributed by atoms with Crippen LogP contribution in [0.2, 0.25) is 0 Å². The van der Waals surface area contributed by atoms with Crippen molar-refractivity contribution in [3.05, 3.63) is 0 Å². The van der Waals surface area contributed by atoms with E-state index in [1.54, 1.807) is 0 Å². The second kappa shape index (κ2) is 7.34. The van der Waals surface area contributed by atoms with E-state index in [1.165, 1.54) is 58.4 Å². The fourth-order valence-corrected chi connectivity index (χ4v) is 3.10. The summed E-state index contributed by atoms with van der Waals surface area (Å²) < 4.78 is 5.49. The van der Waals surface area contributed by atoms with Crippen molar-refractivity contribution >= 4 is 0 Å². The van der Waals surface area contributed by atoms with E-state index >= 15 is 0 Å². The van der Waals surface area contributed by atoms with E-state index in [9.17, 15) is 0 Å². The molecule has 2 aliphatic heterocycles. The van der Waals surface area contributed by atoms with Gasteiger partial charge in [-0.1, -0.05) is 6.92 Å². The molecule has 1 N–H and O–H groups in total. The van der Waals surface area contributed by atoms with Gasteiger partial charge in [-0.15, -0.1) is 0 Å². The number of nitrogens with zero attached hydrogens (tertiary/aromatic N) is 1. The van der Waals surface area contributed by atoms with E-state index in [2.05, 4.69) is 17.1 Å². The second-order valence-electron chi connectivity index (χ2n) is 5.68. The van der Waals surface area contributed by atoms with E-state index in [-0.39, 0.29) is 0 Å². The lowest BCUT2D eigenvalue weighted by Gasteiger charge is -2.31. The highest BCUT2D eigenvalue weighted by Crippen LogP contribution is 2.18. The Morgan fingerprint density at radius 1 is 1.12 bits per heavy atom. The van der Waals surface area contributed by atoms with Crippen LogP contribution in [0.15, 0.2) is 0 Å². The molecule has 0 aromatic rings. The number of rotatable bonds is 6. The molecule has 100 valence electrons. The number of piperidine rings is 1. The number of hydrogen-bond donors (Lipinski definition) is 1. The summed E-state index contributed by atoms with van der Waals surface area (Å²) in [5.41, 5.74) is 0. The summed E-state index contributed by atoms with van der Waals surface area (Å²) in [6.07, 6.45) is 5.27. The first-order valence-corrected chi connectivity index (χ1v) is 7.39. The molecular weight excluding hydrogens is 212 g/mol. The molecule has 2 saturated heterocycles. The van der Waals surface area contributed by atoms with Crippen LogP contribution in [0, 0.1) is 11.8 Å². The van der Waals surface area contributed by atoms with Crippen molar-refractivity contribution in [2.75, 3.05) is 45.9 Å². The van der Waals surface area contributed by atoms with Crippen LogP contribution in [-0.4, -0.2) is 50.8 Å². The topological polar surface area (TPSA) is 24.5 Å². The molecule has 17 heavy (non-hydrogen) atoms. The van der Waals surface area contributed by atoms with Gasteiger partial charge >= 0.3 is 0 Å². The standard InChI is InChI=1S/C14H28N2O/c1-2-8-16(11-14-5-9-17-12-14)10-13-3-6-15-7-4-13/h13-15H,2-12H2,1H3. The Labute approximate surface area is 106 Å². The van der Waals surface area contributed by atoms with Gasteiger partial charge in [0.25, 0.3) is 0 Å². The molecule has 1 unspecified atom stereocenters. The van der Waals surface area contributed by atoms with Crippen molar-refractivity contribution in [1.29, 1.82) is 0 Å². The summed E-state index contributed by atoms with van der Waals surface area (Å²) in [6.45, 7) is 10.5. The third-order valence-corrected chi connectivity index (χ3v) is 4.06. The van der Waals surface area contributed by atoms with Gasteiger partial charge in [0, 0.05) is 19.7 Å². The molecule has 0 aromatic heterocycles. The maximum absolute atomic E-state index is 5.49.